The third kappa shape index (κ3) is 9.02. The van der Waals surface area contributed by atoms with Gasteiger partial charge >= 0.3 is 0 Å². The van der Waals surface area contributed by atoms with Crippen molar-refractivity contribution in [1.29, 1.82) is 0 Å². The number of nitrogens with two attached hydrogens (primary N) is 1. The molecular weight excluding hydrogens is 763 g/mol. The van der Waals surface area contributed by atoms with E-state index in [1.165, 1.54) is 88.3 Å². The average molecular weight is 818 g/mol. The minimum Gasteiger partial charge on any atom is -0.397 e. The van der Waals surface area contributed by atoms with Gasteiger partial charge in [0.25, 0.3) is 0 Å². The maximum absolute atomic E-state index is 6.33. The number of nitrogen functional groups attached to an aromatic ring is 1. The van der Waals surface area contributed by atoms with E-state index in [1.54, 1.807) is 6.08 Å². The van der Waals surface area contributed by atoms with Gasteiger partial charge in [-0.1, -0.05) is 170 Å². The number of allylic oxidation sites excluding steroid dienone is 5. The number of nitrogens with one attached hydrogen (secondary N) is 1. The molecule has 0 saturated heterocycles. The Kier molecular flexibility index (Phi) is 13.6. The van der Waals surface area contributed by atoms with Crippen LogP contribution in [0.3, 0.4) is 0 Å². The molecule has 0 radical (unpaired) electrons. The predicted molar refractivity (Wildman–Crippen MR) is 277 cm³/mol. The van der Waals surface area contributed by atoms with Crippen LogP contribution in [0.15, 0.2) is 219 Å². The summed E-state index contributed by atoms with van der Waals surface area (Å²) in [6, 6.07) is 68.6. The second-order valence-corrected chi connectivity index (χ2v) is 15.4. The highest BCUT2D eigenvalue weighted by molar-refractivity contribution is 6.22. The zero-order chi connectivity index (χ0) is 43.0. The highest BCUT2D eigenvalue weighted by Crippen LogP contribution is 2.46. The first kappa shape index (κ1) is 43.4. The number of rotatable bonds is 9. The van der Waals surface area contributed by atoms with Crippen molar-refractivity contribution in [2.45, 2.75) is 20.8 Å². The summed E-state index contributed by atoms with van der Waals surface area (Å²) in [7, 11) is 1.89. The molecule has 0 amide bonds. The summed E-state index contributed by atoms with van der Waals surface area (Å²) in [5.41, 5.74) is 24.6. The highest BCUT2D eigenvalue weighted by Gasteiger charge is 2.19. The van der Waals surface area contributed by atoms with E-state index in [0.29, 0.717) is 0 Å². The molecule has 0 saturated carbocycles. The van der Waals surface area contributed by atoms with Gasteiger partial charge in [0, 0.05) is 7.05 Å². The lowest BCUT2D eigenvalue weighted by Gasteiger charge is -2.20. The van der Waals surface area contributed by atoms with E-state index in [4.69, 9.17) is 5.73 Å². The summed E-state index contributed by atoms with van der Waals surface area (Å²) < 4.78 is 0. The van der Waals surface area contributed by atoms with Gasteiger partial charge < -0.3 is 17.2 Å². The summed E-state index contributed by atoms with van der Waals surface area (Å²) in [6.45, 7) is 9.44. The van der Waals surface area contributed by atoms with E-state index in [-0.39, 0.29) is 6.15 Å². The third-order valence-electron chi connectivity index (χ3n) is 11.5. The Balaban J connectivity index is 0.00000145. The first-order valence-corrected chi connectivity index (χ1v) is 21.3. The fraction of sp³-hybridized carbons (Fsp3) is 0.0667. The summed E-state index contributed by atoms with van der Waals surface area (Å²) in [6.07, 6.45) is 8.26. The highest BCUT2D eigenvalue weighted by atomic mass is 14.8. The largest absolute Gasteiger partial charge is 0.397 e. The summed E-state index contributed by atoms with van der Waals surface area (Å²) in [4.78, 5) is 0. The molecular formula is C60H55N3. The van der Waals surface area contributed by atoms with Gasteiger partial charge in [0.1, 0.15) is 0 Å². The molecule has 0 bridgehead atoms. The van der Waals surface area contributed by atoms with Crippen molar-refractivity contribution >= 4 is 38.5 Å². The van der Waals surface area contributed by atoms with Gasteiger partial charge in [-0.05, 0) is 163 Å². The summed E-state index contributed by atoms with van der Waals surface area (Å²) in [5.74, 6) is 0. The average Bonchev–Trinajstić information content (AvgIpc) is 3.33. The smallest absolute Gasteiger partial charge is 0.0571 e. The van der Waals surface area contributed by atoms with Crippen molar-refractivity contribution in [1.82, 2.24) is 6.15 Å². The quantitative estimate of drug-likeness (QED) is 0.0588. The summed E-state index contributed by atoms with van der Waals surface area (Å²) >= 11 is 0. The lowest BCUT2D eigenvalue weighted by Crippen LogP contribution is -1.95. The van der Waals surface area contributed by atoms with E-state index in [2.05, 4.69) is 220 Å². The van der Waals surface area contributed by atoms with Crippen molar-refractivity contribution < 1.29 is 0 Å². The second kappa shape index (κ2) is 19.8. The maximum Gasteiger partial charge on any atom is 0.0571 e. The minimum atomic E-state index is 0. The number of anilines is 2. The zero-order valence-corrected chi connectivity index (χ0v) is 36.7. The molecule has 0 aliphatic heterocycles. The van der Waals surface area contributed by atoms with E-state index in [9.17, 15) is 0 Å². The standard InChI is InChI=1S/C57H46N2.C3H6.H3N/c1-4-15-38(5-2)47-32-48(39-16-9-6-10-17-39)34-49(33-47)45-27-30-51-53(36-45)57(43-20-13-8-14-21-43)50-29-26-44(35-52(50)56(51)42-18-11-7-12-19-42)40-22-24-41(25-23-40)46-28-31-55(59-3)54(58)37-46;1-3-2;/h4-37,59H,58H2,1-3H3;3H,1H2,2H3;1H3/b15-4-,38-5+;;. The van der Waals surface area contributed by atoms with Gasteiger partial charge in [-0.2, -0.15) is 0 Å². The van der Waals surface area contributed by atoms with Gasteiger partial charge in [0.15, 0.2) is 0 Å². The fourth-order valence-electron chi connectivity index (χ4n) is 8.54. The normalized spacial score (nSPS) is 11.2. The van der Waals surface area contributed by atoms with Gasteiger partial charge in [-0.15, -0.1) is 6.58 Å². The Hall–Kier alpha value is -7.72. The molecule has 3 heteroatoms. The Bertz CT molecular complexity index is 3070. The molecule has 0 aromatic heterocycles. The molecule has 0 spiro atoms. The Labute approximate surface area is 373 Å². The maximum atomic E-state index is 6.33. The second-order valence-electron chi connectivity index (χ2n) is 15.4. The van der Waals surface area contributed by atoms with Crippen LogP contribution in [0.25, 0.3) is 93.9 Å². The first-order valence-electron chi connectivity index (χ1n) is 21.3. The van der Waals surface area contributed by atoms with E-state index < -0.39 is 0 Å². The lowest BCUT2D eigenvalue weighted by molar-refractivity contribution is 1.50. The lowest BCUT2D eigenvalue weighted by atomic mass is 9.83. The van der Waals surface area contributed by atoms with Crippen LogP contribution in [0, 0.1) is 0 Å². The Morgan fingerprint density at radius 3 is 1.29 bits per heavy atom. The van der Waals surface area contributed by atoms with Crippen molar-refractivity contribution in [2.24, 2.45) is 0 Å². The van der Waals surface area contributed by atoms with Crippen molar-refractivity contribution in [3.63, 3.8) is 0 Å². The fourth-order valence-corrected chi connectivity index (χ4v) is 8.54. The summed E-state index contributed by atoms with van der Waals surface area (Å²) in [5, 5.41) is 8.07. The predicted octanol–water partition coefficient (Wildman–Crippen LogP) is 17.0. The number of hydrogen-bond acceptors (Lipinski definition) is 3. The van der Waals surface area contributed by atoms with Crippen LogP contribution >= 0.6 is 0 Å². The van der Waals surface area contributed by atoms with Crippen LogP contribution in [-0.4, -0.2) is 7.05 Å². The van der Waals surface area contributed by atoms with Crippen LogP contribution in [0.4, 0.5) is 11.4 Å². The molecule has 0 atom stereocenters. The molecule has 9 rings (SSSR count). The molecule has 0 fully saturated rings. The number of fused-ring (bicyclic) bond motifs is 2. The Morgan fingerprint density at radius 1 is 0.444 bits per heavy atom. The molecule has 6 N–H and O–H groups in total. The molecule has 0 heterocycles. The number of hydrogen-bond donors (Lipinski definition) is 3. The van der Waals surface area contributed by atoms with Crippen LogP contribution in [0.2, 0.25) is 0 Å². The van der Waals surface area contributed by atoms with Gasteiger partial charge in [-0.3, -0.25) is 0 Å². The van der Waals surface area contributed by atoms with Crippen molar-refractivity contribution in [3.05, 3.63) is 225 Å². The Morgan fingerprint density at radius 2 is 0.841 bits per heavy atom. The SMILES string of the molecule is C/C=C\C(=C/C)c1cc(-c2ccccc2)cc(-c2ccc3c(-c4ccccc4)c4cc(-c5ccc(-c6ccc(NC)c(N)c6)cc5)ccc4c(-c4ccccc4)c3c2)c1.C=CC.N. The van der Waals surface area contributed by atoms with E-state index >= 15 is 0 Å². The minimum absolute atomic E-state index is 0. The molecule has 63 heavy (non-hydrogen) atoms. The number of benzene rings is 9. The van der Waals surface area contributed by atoms with Crippen LogP contribution in [-0.2, 0) is 0 Å². The topological polar surface area (TPSA) is 73.0 Å². The molecule has 9 aromatic rings. The van der Waals surface area contributed by atoms with Crippen LogP contribution in [0.1, 0.15) is 26.3 Å². The van der Waals surface area contributed by atoms with Crippen LogP contribution < -0.4 is 17.2 Å². The molecule has 0 aliphatic carbocycles. The van der Waals surface area contributed by atoms with Gasteiger partial charge in [0.05, 0.1) is 11.4 Å². The zero-order valence-electron chi connectivity index (χ0n) is 36.7. The van der Waals surface area contributed by atoms with Crippen molar-refractivity contribution in [2.75, 3.05) is 18.1 Å². The van der Waals surface area contributed by atoms with Crippen molar-refractivity contribution in [3.8, 4) is 66.8 Å². The van der Waals surface area contributed by atoms with E-state index in [0.717, 1.165) is 22.5 Å². The van der Waals surface area contributed by atoms with Gasteiger partial charge in [0.2, 0.25) is 0 Å². The molecule has 0 aliphatic rings. The molecule has 0 unspecified atom stereocenters. The first-order chi connectivity index (χ1) is 30.4. The monoisotopic (exact) mass is 817 g/mol. The third-order valence-corrected chi connectivity index (χ3v) is 11.5. The molecule has 3 nitrogen and oxygen atoms in total. The van der Waals surface area contributed by atoms with Crippen LogP contribution in [0.5, 0.6) is 0 Å². The molecule has 9 aromatic carbocycles. The van der Waals surface area contributed by atoms with E-state index in [1.807, 2.05) is 26.1 Å². The van der Waals surface area contributed by atoms with Gasteiger partial charge in [-0.25, -0.2) is 0 Å². The molecule has 310 valence electrons.